The van der Waals surface area contributed by atoms with Crippen molar-refractivity contribution >= 4 is 29.2 Å². The Kier molecular flexibility index (Phi) is 6.69. The van der Waals surface area contributed by atoms with Crippen LogP contribution in [0.2, 0.25) is 0 Å². The summed E-state index contributed by atoms with van der Waals surface area (Å²) in [5.74, 6) is 0.441. The Hall–Kier alpha value is -2.26. The summed E-state index contributed by atoms with van der Waals surface area (Å²) in [6.07, 6.45) is -1.56. The molecule has 1 saturated heterocycles. The molecule has 156 valence electrons. The highest BCUT2D eigenvalue weighted by Crippen LogP contribution is 2.29. The van der Waals surface area contributed by atoms with Gasteiger partial charge in [-0.05, 0) is 37.4 Å². The van der Waals surface area contributed by atoms with E-state index in [4.69, 9.17) is 0 Å². The third-order valence-electron chi connectivity index (χ3n) is 5.01. The maximum Gasteiger partial charge on any atom is 0.417 e. The molecule has 0 radical (unpaired) electrons. The third kappa shape index (κ3) is 5.22. The van der Waals surface area contributed by atoms with Gasteiger partial charge in [-0.1, -0.05) is 12.1 Å². The summed E-state index contributed by atoms with van der Waals surface area (Å²) in [5.41, 5.74) is 0.0418. The summed E-state index contributed by atoms with van der Waals surface area (Å²) >= 11 is 1.57. The Morgan fingerprint density at radius 3 is 2.41 bits per heavy atom. The minimum atomic E-state index is -4.39. The normalized spacial score (nSPS) is 16.5. The van der Waals surface area contributed by atoms with Gasteiger partial charge >= 0.3 is 6.18 Å². The standard InChI is InChI=1S/C20H23F3N4OS/c1-14(19(28)25-16-5-3-4-6-17(16)29-2)26-9-11-27(12-10-26)18-8-7-15(13-24-18)20(21,22)23/h3-8,13-14H,9-12H2,1-2H3,(H,25,28). The van der Waals surface area contributed by atoms with Crippen molar-refractivity contribution in [2.24, 2.45) is 0 Å². The molecule has 1 N–H and O–H groups in total. The summed E-state index contributed by atoms with van der Waals surface area (Å²) in [6, 6.07) is 9.79. The molecular weight excluding hydrogens is 401 g/mol. The number of anilines is 2. The summed E-state index contributed by atoms with van der Waals surface area (Å²) in [6.45, 7) is 4.31. The molecule has 29 heavy (non-hydrogen) atoms. The van der Waals surface area contributed by atoms with E-state index in [2.05, 4.69) is 15.2 Å². The Labute approximate surface area is 172 Å². The van der Waals surface area contributed by atoms with Crippen LogP contribution in [0.15, 0.2) is 47.5 Å². The molecule has 1 aliphatic heterocycles. The lowest BCUT2D eigenvalue weighted by Crippen LogP contribution is -2.53. The van der Waals surface area contributed by atoms with Gasteiger partial charge in [-0.15, -0.1) is 11.8 Å². The van der Waals surface area contributed by atoms with E-state index < -0.39 is 11.7 Å². The first-order chi connectivity index (χ1) is 13.8. The van der Waals surface area contributed by atoms with Gasteiger partial charge in [-0.3, -0.25) is 9.69 Å². The number of carbonyl (C=O) groups is 1. The van der Waals surface area contributed by atoms with Crippen molar-refractivity contribution in [3.63, 3.8) is 0 Å². The molecule has 9 heteroatoms. The minimum Gasteiger partial charge on any atom is -0.354 e. The van der Waals surface area contributed by atoms with Gasteiger partial charge in [0.05, 0.1) is 17.3 Å². The molecule has 5 nitrogen and oxygen atoms in total. The molecule has 0 bridgehead atoms. The van der Waals surface area contributed by atoms with Crippen molar-refractivity contribution in [1.29, 1.82) is 0 Å². The van der Waals surface area contributed by atoms with Crippen LogP contribution in [0.4, 0.5) is 24.7 Å². The van der Waals surface area contributed by atoms with Gasteiger partial charge in [0, 0.05) is 37.3 Å². The highest BCUT2D eigenvalue weighted by atomic mass is 32.2. The molecule has 2 aromatic rings. The lowest BCUT2D eigenvalue weighted by Gasteiger charge is -2.38. The first-order valence-corrected chi connectivity index (χ1v) is 10.5. The van der Waals surface area contributed by atoms with E-state index in [9.17, 15) is 18.0 Å². The van der Waals surface area contributed by atoms with Crippen LogP contribution in [0.1, 0.15) is 12.5 Å². The van der Waals surface area contributed by atoms with Crippen molar-refractivity contribution in [2.45, 2.75) is 24.0 Å². The minimum absolute atomic E-state index is 0.0763. The first-order valence-electron chi connectivity index (χ1n) is 9.25. The summed E-state index contributed by atoms with van der Waals surface area (Å²) in [5, 5.41) is 2.99. The number of para-hydroxylation sites is 1. The number of nitrogens with zero attached hydrogens (tertiary/aromatic N) is 3. The smallest absolute Gasteiger partial charge is 0.354 e. The first kappa shape index (κ1) is 21.4. The molecule has 3 rings (SSSR count). The molecule has 1 amide bonds. The summed E-state index contributed by atoms with van der Waals surface area (Å²) < 4.78 is 38.0. The number of alkyl halides is 3. The zero-order valence-electron chi connectivity index (χ0n) is 16.2. The molecule has 0 saturated carbocycles. The zero-order chi connectivity index (χ0) is 21.0. The lowest BCUT2D eigenvalue weighted by atomic mass is 10.2. The van der Waals surface area contributed by atoms with Gasteiger partial charge < -0.3 is 10.2 Å². The lowest BCUT2D eigenvalue weighted by molar-refractivity contribution is -0.137. The second-order valence-electron chi connectivity index (χ2n) is 6.79. The topological polar surface area (TPSA) is 48.5 Å². The molecule has 1 atom stereocenters. The molecular formula is C20H23F3N4OS. The Morgan fingerprint density at radius 2 is 1.83 bits per heavy atom. The number of hydrogen-bond acceptors (Lipinski definition) is 5. The van der Waals surface area contributed by atoms with Crippen LogP contribution in [0.3, 0.4) is 0 Å². The number of carbonyl (C=O) groups excluding carboxylic acids is 1. The fraction of sp³-hybridized carbons (Fsp3) is 0.400. The number of aromatic nitrogens is 1. The number of amides is 1. The van der Waals surface area contributed by atoms with Crippen molar-refractivity contribution < 1.29 is 18.0 Å². The van der Waals surface area contributed by atoms with Crippen LogP contribution >= 0.6 is 11.8 Å². The quantitative estimate of drug-likeness (QED) is 0.736. The number of thioether (sulfide) groups is 1. The molecule has 2 heterocycles. The van der Waals surface area contributed by atoms with Gasteiger partial charge in [-0.25, -0.2) is 4.98 Å². The second kappa shape index (κ2) is 9.04. The van der Waals surface area contributed by atoms with Crippen molar-refractivity contribution in [3.05, 3.63) is 48.2 Å². The number of nitrogens with one attached hydrogen (secondary N) is 1. The van der Waals surface area contributed by atoms with E-state index in [-0.39, 0.29) is 11.9 Å². The molecule has 1 aromatic carbocycles. The number of rotatable bonds is 5. The van der Waals surface area contributed by atoms with Gasteiger partial charge in [0.15, 0.2) is 0 Å². The van der Waals surface area contributed by atoms with E-state index in [1.165, 1.54) is 6.07 Å². The van der Waals surface area contributed by atoms with E-state index in [0.717, 1.165) is 22.8 Å². The van der Waals surface area contributed by atoms with Crippen molar-refractivity contribution in [2.75, 3.05) is 42.7 Å². The maximum atomic E-state index is 12.7. The largest absolute Gasteiger partial charge is 0.417 e. The second-order valence-corrected chi connectivity index (χ2v) is 7.64. The van der Waals surface area contributed by atoms with Gasteiger partial charge in [0.2, 0.25) is 5.91 Å². The van der Waals surface area contributed by atoms with E-state index in [1.807, 2.05) is 42.3 Å². The summed E-state index contributed by atoms with van der Waals surface area (Å²) in [4.78, 5) is 21.6. The highest BCUT2D eigenvalue weighted by Gasteiger charge is 2.31. The number of pyridine rings is 1. The van der Waals surface area contributed by atoms with E-state index in [1.54, 1.807) is 11.8 Å². The van der Waals surface area contributed by atoms with Crippen molar-refractivity contribution in [3.8, 4) is 0 Å². The summed E-state index contributed by atoms with van der Waals surface area (Å²) in [7, 11) is 0. The average Bonchev–Trinajstić information content (AvgIpc) is 2.73. The molecule has 1 aromatic heterocycles. The third-order valence-corrected chi connectivity index (χ3v) is 5.80. The number of benzene rings is 1. The fourth-order valence-corrected chi connectivity index (χ4v) is 3.78. The predicted molar refractivity (Wildman–Crippen MR) is 109 cm³/mol. The number of piperazine rings is 1. The number of halogens is 3. The number of hydrogen-bond donors (Lipinski definition) is 1. The van der Waals surface area contributed by atoms with Crippen LogP contribution in [-0.2, 0) is 11.0 Å². The molecule has 0 spiro atoms. The fourth-order valence-electron chi connectivity index (χ4n) is 3.23. The predicted octanol–water partition coefficient (Wildman–Crippen LogP) is 3.97. The molecule has 1 aliphatic rings. The molecule has 0 aliphatic carbocycles. The van der Waals surface area contributed by atoms with Crippen LogP contribution in [-0.4, -0.2) is 54.3 Å². The van der Waals surface area contributed by atoms with E-state index in [0.29, 0.717) is 32.0 Å². The molecule has 1 fully saturated rings. The van der Waals surface area contributed by atoms with Gasteiger partial charge in [0.25, 0.3) is 0 Å². The van der Waals surface area contributed by atoms with E-state index >= 15 is 0 Å². The van der Waals surface area contributed by atoms with Crippen LogP contribution in [0.5, 0.6) is 0 Å². The highest BCUT2D eigenvalue weighted by molar-refractivity contribution is 7.98. The maximum absolute atomic E-state index is 12.7. The molecule has 1 unspecified atom stereocenters. The van der Waals surface area contributed by atoms with Crippen molar-refractivity contribution in [1.82, 2.24) is 9.88 Å². The van der Waals surface area contributed by atoms with Gasteiger partial charge in [0.1, 0.15) is 5.82 Å². The van der Waals surface area contributed by atoms with Gasteiger partial charge in [-0.2, -0.15) is 13.2 Å². The Balaban J connectivity index is 1.56. The van der Waals surface area contributed by atoms with Crippen LogP contribution in [0.25, 0.3) is 0 Å². The SMILES string of the molecule is CSc1ccccc1NC(=O)C(C)N1CCN(c2ccc(C(F)(F)F)cn2)CC1. The van der Waals surface area contributed by atoms with Crippen LogP contribution in [0, 0.1) is 0 Å². The Morgan fingerprint density at radius 1 is 1.14 bits per heavy atom. The zero-order valence-corrected chi connectivity index (χ0v) is 17.1. The Bertz CT molecular complexity index is 836. The average molecular weight is 424 g/mol. The monoisotopic (exact) mass is 424 g/mol. The van der Waals surface area contributed by atoms with Crippen LogP contribution < -0.4 is 10.2 Å².